The SMILES string of the molecule is CCN(CC)C(=O)c1ccc(C2CC3(CCCN(C(=O)OC(C)(C)C)CC3)Oc3cccc(OCOC)c32)cc1. The summed E-state index contributed by atoms with van der Waals surface area (Å²) in [6, 6.07) is 13.8. The number of carbonyl (C=O) groups is 2. The van der Waals surface area contributed by atoms with Gasteiger partial charge in [-0.05, 0) is 83.7 Å². The maximum Gasteiger partial charge on any atom is 0.410 e. The minimum atomic E-state index is -0.538. The predicted octanol–water partition coefficient (Wildman–Crippen LogP) is 6.23. The Bertz CT molecular complexity index is 1170. The van der Waals surface area contributed by atoms with Crippen LogP contribution in [0.3, 0.4) is 0 Å². The van der Waals surface area contributed by atoms with Crippen molar-refractivity contribution in [2.45, 2.75) is 77.4 Å². The Hall–Kier alpha value is -3.26. The lowest BCUT2D eigenvalue weighted by Crippen LogP contribution is -2.43. The van der Waals surface area contributed by atoms with Crippen LogP contribution in [-0.4, -0.2) is 73.1 Å². The number of likely N-dealkylation sites (tertiary alicyclic amines) is 1. The highest BCUT2D eigenvalue weighted by Gasteiger charge is 2.44. The Morgan fingerprint density at radius 3 is 2.42 bits per heavy atom. The van der Waals surface area contributed by atoms with E-state index in [2.05, 4.69) is 12.1 Å². The fraction of sp³-hybridized carbons (Fsp3) is 0.562. The molecule has 1 spiro atoms. The molecule has 2 aromatic rings. The zero-order chi connectivity index (χ0) is 28.9. The number of hydrogen-bond donors (Lipinski definition) is 0. The number of nitrogens with zero attached hydrogens (tertiary/aromatic N) is 2. The number of rotatable bonds is 7. The second kappa shape index (κ2) is 12.5. The van der Waals surface area contributed by atoms with Gasteiger partial charge in [0.15, 0.2) is 6.79 Å². The Labute approximate surface area is 238 Å². The van der Waals surface area contributed by atoms with Gasteiger partial charge in [0.25, 0.3) is 5.91 Å². The quantitative estimate of drug-likeness (QED) is 0.379. The van der Waals surface area contributed by atoms with Gasteiger partial charge in [0.05, 0.1) is 0 Å². The van der Waals surface area contributed by atoms with E-state index in [1.165, 1.54) is 0 Å². The molecule has 218 valence electrons. The monoisotopic (exact) mass is 552 g/mol. The molecule has 0 aliphatic carbocycles. The van der Waals surface area contributed by atoms with Crippen LogP contribution in [0.25, 0.3) is 0 Å². The van der Waals surface area contributed by atoms with Crippen LogP contribution in [0.2, 0.25) is 0 Å². The second-order valence-electron chi connectivity index (χ2n) is 11.7. The smallest absolute Gasteiger partial charge is 0.410 e. The molecule has 2 aliphatic heterocycles. The lowest BCUT2D eigenvalue weighted by atomic mass is 9.75. The van der Waals surface area contributed by atoms with Crippen molar-refractivity contribution in [1.29, 1.82) is 0 Å². The van der Waals surface area contributed by atoms with E-state index in [1.54, 1.807) is 12.0 Å². The summed E-state index contributed by atoms with van der Waals surface area (Å²) in [6.45, 7) is 12.3. The zero-order valence-electron chi connectivity index (χ0n) is 24.8. The average Bonchev–Trinajstić information content (AvgIpc) is 3.13. The maximum absolute atomic E-state index is 12.9. The topological polar surface area (TPSA) is 77.5 Å². The van der Waals surface area contributed by atoms with Crippen LogP contribution < -0.4 is 9.47 Å². The van der Waals surface area contributed by atoms with Crippen LogP contribution in [0.15, 0.2) is 42.5 Å². The number of fused-ring (bicyclic) bond motifs is 1. The molecule has 2 aromatic carbocycles. The van der Waals surface area contributed by atoms with Crippen LogP contribution in [0.1, 0.15) is 87.7 Å². The van der Waals surface area contributed by atoms with E-state index in [9.17, 15) is 9.59 Å². The van der Waals surface area contributed by atoms with Gasteiger partial charge in [-0.3, -0.25) is 4.79 Å². The largest absolute Gasteiger partial charge is 0.487 e. The predicted molar refractivity (Wildman–Crippen MR) is 154 cm³/mol. The van der Waals surface area contributed by atoms with E-state index in [0.717, 1.165) is 41.9 Å². The van der Waals surface area contributed by atoms with E-state index in [1.807, 2.05) is 69.9 Å². The van der Waals surface area contributed by atoms with Crippen molar-refractivity contribution in [3.8, 4) is 11.5 Å². The maximum atomic E-state index is 12.9. The van der Waals surface area contributed by atoms with Gasteiger partial charge in [-0.2, -0.15) is 0 Å². The summed E-state index contributed by atoms with van der Waals surface area (Å²) in [5, 5.41) is 0. The summed E-state index contributed by atoms with van der Waals surface area (Å²) in [7, 11) is 1.60. The average molecular weight is 553 g/mol. The van der Waals surface area contributed by atoms with Gasteiger partial charge >= 0.3 is 6.09 Å². The molecule has 40 heavy (non-hydrogen) atoms. The Kier molecular flexibility index (Phi) is 9.29. The van der Waals surface area contributed by atoms with E-state index in [4.69, 9.17) is 18.9 Å². The van der Waals surface area contributed by atoms with Crippen molar-refractivity contribution < 1.29 is 28.5 Å². The molecule has 0 aromatic heterocycles. The zero-order valence-corrected chi connectivity index (χ0v) is 24.8. The van der Waals surface area contributed by atoms with E-state index in [-0.39, 0.29) is 24.7 Å². The van der Waals surface area contributed by atoms with Crippen molar-refractivity contribution >= 4 is 12.0 Å². The minimum Gasteiger partial charge on any atom is -0.487 e. The fourth-order valence-corrected chi connectivity index (χ4v) is 5.77. The summed E-state index contributed by atoms with van der Waals surface area (Å²) in [6.07, 6.45) is 2.80. The first-order valence-corrected chi connectivity index (χ1v) is 14.4. The highest BCUT2D eigenvalue weighted by atomic mass is 16.7. The number of ether oxygens (including phenoxy) is 4. The lowest BCUT2D eigenvalue weighted by Gasteiger charge is -2.42. The first-order valence-electron chi connectivity index (χ1n) is 14.4. The Balaban J connectivity index is 1.66. The van der Waals surface area contributed by atoms with Crippen molar-refractivity contribution in [3.63, 3.8) is 0 Å². The van der Waals surface area contributed by atoms with Crippen molar-refractivity contribution in [2.75, 3.05) is 40.1 Å². The molecule has 0 radical (unpaired) electrons. The molecule has 0 saturated carbocycles. The molecule has 2 heterocycles. The van der Waals surface area contributed by atoms with E-state index >= 15 is 0 Å². The molecule has 0 N–H and O–H groups in total. The van der Waals surface area contributed by atoms with Crippen LogP contribution >= 0.6 is 0 Å². The molecule has 1 fully saturated rings. The second-order valence-corrected chi connectivity index (χ2v) is 11.7. The molecular weight excluding hydrogens is 508 g/mol. The third-order valence-corrected chi connectivity index (χ3v) is 7.77. The number of carbonyl (C=O) groups excluding carboxylic acids is 2. The van der Waals surface area contributed by atoms with Crippen LogP contribution in [0.5, 0.6) is 11.5 Å². The molecule has 8 heteroatoms. The summed E-state index contributed by atoms with van der Waals surface area (Å²) in [4.78, 5) is 29.4. The van der Waals surface area contributed by atoms with E-state index < -0.39 is 11.2 Å². The Morgan fingerprint density at radius 1 is 1.05 bits per heavy atom. The highest BCUT2D eigenvalue weighted by Crippen LogP contribution is 2.51. The number of benzene rings is 2. The molecule has 2 amide bonds. The first-order chi connectivity index (χ1) is 19.1. The molecule has 8 nitrogen and oxygen atoms in total. The van der Waals surface area contributed by atoms with E-state index in [0.29, 0.717) is 38.2 Å². The van der Waals surface area contributed by atoms with Crippen molar-refractivity contribution in [2.24, 2.45) is 0 Å². The molecule has 2 aliphatic rings. The summed E-state index contributed by atoms with van der Waals surface area (Å²) in [5.74, 6) is 1.54. The van der Waals surface area contributed by atoms with Gasteiger partial charge in [0.2, 0.25) is 0 Å². The summed E-state index contributed by atoms with van der Waals surface area (Å²) >= 11 is 0. The molecule has 1 saturated heterocycles. The van der Waals surface area contributed by atoms with Gasteiger partial charge in [0.1, 0.15) is 22.7 Å². The first kappa shape index (κ1) is 29.7. The number of methoxy groups -OCH3 is 1. The minimum absolute atomic E-state index is 0.0116. The number of amides is 2. The normalized spacial score (nSPS) is 20.8. The Morgan fingerprint density at radius 2 is 1.77 bits per heavy atom. The lowest BCUT2D eigenvalue weighted by molar-refractivity contribution is 0.0135. The summed E-state index contributed by atoms with van der Waals surface area (Å²) < 4.78 is 23.7. The van der Waals surface area contributed by atoms with Crippen molar-refractivity contribution in [1.82, 2.24) is 9.80 Å². The molecule has 4 rings (SSSR count). The number of hydrogen-bond acceptors (Lipinski definition) is 6. The summed E-state index contributed by atoms with van der Waals surface area (Å²) in [5.41, 5.74) is 1.79. The molecule has 2 unspecified atom stereocenters. The molecule has 2 atom stereocenters. The third-order valence-electron chi connectivity index (χ3n) is 7.77. The molecular formula is C32H44N2O6. The van der Waals surface area contributed by atoms with Crippen LogP contribution in [0, 0.1) is 0 Å². The third kappa shape index (κ3) is 6.72. The van der Waals surface area contributed by atoms with Crippen LogP contribution in [0.4, 0.5) is 4.79 Å². The fourth-order valence-electron chi connectivity index (χ4n) is 5.77. The van der Waals surface area contributed by atoms with Crippen molar-refractivity contribution in [3.05, 3.63) is 59.2 Å². The van der Waals surface area contributed by atoms with Gasteiger partial charge in [-0.15, -0.1) is 0 Å². The van der Waals surface area contributed by atoms with Gasteiger partial charge in [-0.1, -0.05) is 18.2 Å². The van der Waals surface area contributed by atoms with Crippen LogP contribution in [-0.2, 0) is 9.47 Å². The van der Waals surface area contributed by atoms with Gasteiger partial charge in [0, 0.05) is 56.8 Å². The standard InChI is InChI=1S/C32H44N2O6/c1-7-33(8-2)29(35)24-15-13-23(14-16-24)25-21-32(39-27-12-9-11-26(28(25)27)38-22-37-6)17-10-19-34(20-18-32)30(36)40-31(3,4)5/h9,11-16,25H,7-8,10,17-22H2,1-6H3. The van der Waals surface area contributed by atoms with Gasteiger partial charge < -0.3 is 28.7 Å². The molecule has 0 bridgehead atoms. The highest BCUT2D eigenvalue weighted by molar-refractivity contribution is 5.94. The van der Waals surface area contributed by atoms with Gasteiger partial charge in [-0.25, -0.2) is 4.79 Å².